The topological polar surface area (TPSA) is 159 Å². The summed E-state index contributed by atoms with van der Waals surface area (Å²) >= 11 is 0. The maximum atomic E-state index is 9.83. The van der Waals surface area contributed by atoms with Gasteiger partial charge in [-0.25, -0.2) is 0 Å². The third kappa shape index (κ3) is 12.3. The number of hydrogen-bond acceptors (Lipinski definition) is 9. The summed E-state index contributed by atoms with van der Waals surface area (Å²) in [5.74, 6) is 0. The van der Waals surface area contributed by atoms with Crippen LogP contribution in [0.1, 0.15) is 96.3 Å². The Bertz CT molecular complexity index is 410. The summed E-state index contributed by atoms with van der Waals surface area (Å²) in [7, 11) is 0. The van der Waals surface area contributed by atoms with Crippen molar-refractivity contribution >= 4 is 0 Å². The van der Waals surface area contributed by atoms with Crippen LogP contribution in [0.5, 0.6) is 0 Å². The molecule has 0 aromatic heterocycles. The van der Waals surface area contributed by atoms with Crippen LogP contribution in [0.25, 0.3) is 0 Å². The zero-order chi connectivity index (χ0) is 22.2. The fraction of sp³-hybridized carbons (Fsp3) is 1.00. The Kier molecular flexibility index (Phi) is 17.4. The van der Waals surface area contributed by atoms with Gasteiger partial charge in [-0.15, -0.1) is 30.2 Å². The quantitative estimate of drug-likeness (QED) is 0.263. The van der Waals surface area contributed by atoms with Gasteiger partial charge in [0, 0.05) is 17.1 Å². The molecule has 12 nitrogen and oxygen atoms in total. The van der Waals surface area contributed by atoms with E-state index in [4.69, 9.17) is 15.6 Å². The Morgan fingerprint density at radius 2 is 0.645 bits per heavy atom. The van der Waals surface area contributed by atoms with Crippen LogP contribution in [0.2, 0.25) is 0 Å². The first-order valence-corrected chi connectivity index (χ1v) is 11.0. The summed E-state index contributed by atoms with van der Waals surface area (Å²) < 4.78 is 0. The maximum absolute atomic E-state index is 9.83. The van der Waals surface area contributed by atoms with Crippen LogP contribution in [0, 0.1) is 14.7 Å². The first-order chi connectivity index (χ1) is 14.5. The molecular formula is C18H36FeN6O6. The Balaban J connectivity index is 0.000000429. The minimum Gasteiger partial charge on any atom is -0.269 e. The number of rotatable bonds is 6. The Labute approximate surface area is 193 Å². The van der Waals surface area contributed by atoms with E-state index >= 15 is 0 Å². The maximum Gasteiger partial charge on any atom is 0.0790 e. The molecule has 0 aromatic carbocycles. The molecule has 3 saturated carbocycles. The van der Waals surface area contributed by atoms with E-state index in [0.29, 0.717) is 15.5 Å². The van der Waals surface area contributed by atoms with Crippen molar-refractivity contribution in [3.8, 4) is 0 Å². The van der Waals surface area contributed by atoms with Gasteiger partial charge in [0.15, 0.2) is 0 Å². The monoisotopic (exact) mass is 488 g/mol. The third-order valence-corrected chi connectivity index (χ3v) is 5.95. The van der Waals surface area contributed by atoms with Gasteiger partial charge in [0.05, 0.1) is 34.0 Å². The summed E-state index contributed by atoms with van der Waals surface area (Å²) in [6.07, 6.45) is 15.5. The van der Waals surface area contributed by atoms with Gasteiger partial charge >= 0.3 is 0 Å². The predicted molar refractivity (Wildman–Crippen MR) is 109 cm³/mol. The third-order valence-electron chi connectivity index (χ3n) is 5.95. The van der Waals surface area contributed by atoms with Crippen molar-refractivity contribution in [2.45, 2.75) is 114 Å². The molecule has 0 heterocycles. The van der Waals surface area contributed by atoms with Crippen molar-refractivity contribution in [2.24, 2.45) is 15.9 Å². The molecule has 0 amide bonds. The summed E-state index contributed by atoms with van der Waals surface area (Å²) in [4.78, 5) is 29.5. The average molecular weight is 488 g/mol. The molecule has 0 aromatic rings. The van der Waals surface area contributed by atoms with E-state index in [1.807, 2.05) is 0 Å². The van der Waals surface area contributed by atoms with E-state index in [1.54, 1.807) is 0 Å². The molecule has 3 rings (SSSR count). The van der Waals surface area contributed by atoms with Crippen molar-refractivity contribution in [3.63, 3.8) is 0 Å². The summed E-state index contributed by atoms with van der Waals surface area (Å²) in [5, 5.41) is 35.5. The van der Waals surface area contributed by atoms with E-state index in [0.717, 1.165) is 77.0 Å². The van der Waals surface area contributed by atoms with Crippen LogP contribution in [0.4, 0.5) is 0 Å². The normalized spacial score (nSPS) is 19.8. The minimum atomic E-state index is -0.0220. The Morgan fingerprint density at radius 3 is 0.806 bits per heavy atom. The molecule has 0 atom stereocenters. The largest absolute Gasteiger partial charge is 0.269 e. The van der Waals surface area contributed by atoms with E-state index < -0.39 is 0 Å². The molecule has 0 unspecified atom stereocenters. The molecular weight excluding hydrogens is 452 g/mol. The molecule has 0 bridgehead atoms. The minimum absolute atomic E-state index is 0. The summed E-state index contributed by atoms with van der Waals surface area (Å²) in [6.45, 7) is 0. The molecule has 3 fully saturated rings. The molecule has 0 spiro atoms. The van der Waals surface area contributed by atoms with Gasteiger partial charge in [-0.1, -0.05) is 57.8 Å². The first kappa shape index (κ1) is 29.6. The molecule has 31 heavy (non-hydrogen) atoms. The van der Waals surface area contributed by atoms with Gasteiger partial charge in [-0.05, 0) is 38.5 Å². The van der Waals surface area contributed by atoms with E-state index in [2.05, 4.69) is 15.9 Å². The van der Waals surface area contributed by atoms with Crippen LogP contribution in [0.15, 0.2) is 15.9 Å². The molecule has 3 aliphatic carbocycles. The fourth-order valence-corrected chi connectivity index (χ4v) is 4.14. The van der Waals surface area contributed by atoms with Crippen molar-refractivity contribution in [1.82, 2.24) is 15.5 Å². The van der Waals surface area contributed by atoms with Crippen LogP contribution < -0.4 is 0 Å². The van der Waals surface area contributed by atoms with Crippen molar-refractivity contribution in [2.75, 3.05) is 0 Å². The van der Waals surface area contributed by atoms with Gasteiger partial charge in [-0.3, -0.25) is 15.6 Å². The first-order valence-electron chi connectivity index (χ1n) is 11.0. The number of hydrogen-bond donors (Lipinski definition) is 3. The van der Waals surface area contributed by atoms with E-state index in [-0.39, 0.29) is 35.2 Å². The van der Waals surface area contributed by atoms with Gasteiger partial charge in [0.25, 0.3) is 0 Å². The summed E-state index contributed by atoms with van der Waals surface area (Å²) in [6, 6.07) is -0.0660. The van der Waals surface area contributed by atoms with Crippen molar-refractivity contribution in [1.29, 1.82) is 0 Å². The van der Waals surface area contributed by atoms with Gasteiger partial charge in [0.1, 0.15) is 0 Å². The van der Waals surface area contributed by atoms with Crippen LogP contribution in [-0.4, -0.2) is 49.3 Å². The van der Waals surface area contributed by atoms with Gasteiger partial charge < -0.3 is 0 Å². The molecule has 0 aliphatic heterocycles. The Hall–Kier alpha value is -1.40. The smallest absolute Gasteiger partial charge is 0.0790 e. The number of nitroso groups, excluding NO2 is 3. The zero-order valence-corrected chi connectivity index (χ0v) is 19.0. The van der Waals surface area contributed by atoms with Crippen LogP contribution >= 0.6 is 0 Å². The molecule has 0 radical (unpaired) electrons. The van der Waals surface area contributed by atoms with Gasteiger partial charge in [0.2, 0.25) is 0 Å². The van der Waals surface area contributed by atoms with Crippen LogP contribution in [0.3, 0.4) is 0 Å². The molecule has 0 saturated heterocycles. The fourth-order valence-electron chi connectivity index (χ4n) is 4.14. The SMILES string of the molecule is O=NN(O)C1CCCCC1.O=NN(O)C1CCCCC1.O=NN(O)C1CCCCC1.[Fe]. The van der Waals surface area contributed by atoms with E-state index in [9.17, 15) is 14.7 Å². The number of hydroxylamine groups is 3. The predicted octanol–water partition coefficient (Wildman–Crippen LogP) is 5.07. The average Bonchev–Trinajstić information content (AvgIpc) is 2.85. The molecule has 3 N–H and O–H groups in total. The molecule has 13 heteroatoms. The van der Waals surface area contributed by atoms with Crippen molar-refractivity contribution < 1.29 is 32.7 Å². The second kappa shape index (κ2) is 18.2. The molecule has 182 valence electrons. The Morgan fingerprint density at radius 1 is 0.452 bits per heavy atom. The standard InChI is InChI=1S/3C6H12N2O2.Fe/c3*9-7-8(10)6-4-2-1-3-5-6;/h3*6,10H,1-5H2;. The van der Waals surface area contributed by atoms with E-state index in [1.165, 1.54) is 19.3 Å². The second-order valence-electron chi connectivity index (χ2n) is 8.08. The van der Waals surface area contributed by atoms with Crippen molar-refractivity contribution in [3.05, 3.63) is 14.7 Å². The van der Waals surface area contributed by atoms with Crippen LogP contribution in [-0.2, 0) is 17.1 Å². The summed E-state index contributed by atoms with van der Waals surface area (Å²) in [5.41, 5.74) is 0. The zero-order valence-electron chi connectivity index (χ0n) is 17.9. The second-order valence-corrected chi connectivity index (χ2v) is 8.08. The number of nitrogens with zero attached hydrogens (tertiary/aromatic N) is 6. The van der Waals surface area contributed by atoms with Gasteiger partial charge in [-0.2, -0.15) is 0 Å². The molecule has 3 aliphatic rings.